The minimum absolute atomic E-state index is 0.324. The lowest BCUT2D eigenvalue weighted by Gasteiger charge is -2.38. The van der Waals surface area contributed by atoms with Crippen molar-refractivity contribution >= 4 is 10.9 Å². The smallest absolute Gasteiger partial charge is 0.217 e. The van der Waals surface area contributed by atoms with Crippen molar-refractivity contribution in [3.63, 3.8) is 0 Å². The van der Waals surface area contributed by atoms with Crippen LogP contribution in [-0.2, 0) is 5.60 Å². The summed E-state index contributed by atoms with van der Waals surface area (Å²) in [6.07, 6.45) is 3.73. The third-order valence-corrected chi connectivity index (χ3v) is 6.42. The van der Waals surface area contributed by atoms with Crippen molar-refractivity contribution in [3.8, 4) is 11.9 Å². The molecule has 7 heteroatoms. The van der Waals surface area contributed by atoms with Gasteiger partial charge in [0.05, 0.1) is 24.3 Å². The molecule has 0 saturated carbocycles. The summed E-state index contributed by atoms with van der Waals surface area (Å²) in [7, 11) is 5.40. The Morgan fingerprint density at radius 2 is 1.94 bits per heavy atom. The number of ether oxygens (including phenoxy) is 1. The molecule has 2 atom stereocenters. The fraction of sp³-hybridized carbons (Fsp3) is 0.276. The van der Waals surface area contributed by atoms with Gasteiger partial charge in [0.2, 0.25) is 5.88 Å². The fourth-order valence-corrected chi connectivity index (χ4v) is 4.65. The monoisotopic (exact) mass is 484 g/mol. The maximum absolute atomic E-state index is 14.6. The highest BCUT2D eigenvalue weighted by Crippen LogP contribution is 2.47. The predicted molar refractivity (Wildman–Crippen MR) is 137 cm³/mol. The topological polar surface area (TPSA) is 82.3 Å². The zero-order chi connectivity index (χ0) is 25.9. The largest absolute Gasteiger partial charge is 0.481 e. The zero-order valence-corrected chi connectivity index (χ0v) is 20.9. The Morgan fingerprint density at radius 1 is 1.14 bits per heavy atom. The number of hydrogen-bond donors (Lipinski definition) is 1. The van der Waals surface area contributed by atoms with E-state index < -0.39 is 17.3 Å². The number of hydrogen-bond acceptors (Lipinski definition) is 6. The summed E-state index contributed by atoms with van der Waals surface area (Å²) in [6.45, 7) is 2.49. The molecule has 4 aromatic rings. The van der Waals surface area contributed by atoms with Crippen LogP contribution in [0.25, 0.3) is 10.9 Å². The van der Waals surface area contributed by atoms with E-state index in [0.29, 0.717) is 46.6 Å². The summed E-state index contributed by atoms with van der Waals surface area (Å²) < 4.78 is 20.3. The summed E-state index contributed by atoms with van der Waals surface area (Å²) in [6, 6.07) is 17.4. The third-order valence-electron chi connectivity index (χ3n) is 6.42. The van der Waals surface area contributed by atoms with E-state index in [-0.39, 0.29) is 0 Å². The molecule has 0 spiro atoms. The second kappa shape index (κ2) is 10.4. The number of pyridine rings is 2. The maximum Gasteiger partial charge on any atom is 0.217 e. The van der Waals surface area contributed by atoms with Crippen molar-refractivity contribution in [1.29, 1.82) is 5.26 Å². The molecule has 36 heavy (non-hydrogen) atoms. The number of aryl methyl sites for hydroxylation is 1. The molecule has 6 nitrogen and oxygen atoms in total. The van der Waals surface area contributed by atoms with Gasteiger partial charge in [0.15, 0.2) is 0 Å². The van der Waals surface area contributed by atoms with Crippen molar-refractivity contribution in [2.45, 2.75) is 24.9 Å². The molecular weight excluding hydrogens is 455 g/mol. The van der Waals surface area contributed by atoms with Gasteiger partial charge in [-0.25, -0.2) is 9.37 Å². The number of nitriles is 1. The summed E-state index contributed by atoms with van der Waals surface area (Å²) in [5, 5.41) is 22.7. The van der Waals surface area contributed by atoms with Crippen LogP contribution in [0.1, 0.15) is 40.2 Å². The van der Waals surface area contributed by atoms with Crippen LogP contribution in [0, 0.1) is 24.1 Å². The minimum atomic E-state index is -1.48. The van der Waals surface area contributed by atoms with E-state index >= 15 is 0 Å². The number of aromatic nitrogens is 2. The summed E-state index contributed by atoms with van der Waals surface area (Å²) in [5.74, 6) is -0.825. The average Bonchev–Trinajstić information content (AvgIpc) is 2.87. The molecule has 0 amide bonds. The number of rotatable bonds is 8. The van der Waals surface area contributed by atoms with E-state index in [1.807, 2.05) is 38.1 Å². The van der Waals surface area contributed by atoms with Gasteiger partial charge in [0.1, 0.15) is 11.4 Å². The Bertz CT molecular complexity index is 1430. The van der Waals surface area contributed by atoms with E-state index in [1.54, 1.807) is 42.7 Å². The lowest BCUT2D eigenvalue weighted by molar-refractivity contribution is 0.00339. The van der Waals surface area contributed by atoms with E-state index in [2.05, 4.69) is 11.1 Å². The van der Waals surface area contributed by atoms with Gasteiger partial charge >= 0.3 is 0 Å². The number of nitrogens with zero attached hydrogens (tertiary/aromatic N) is 4. The molecule has 0 fully saturated rings. The van der Waals surface area contributed by atoms with Crippen LogP contribution in [0.3, 0.4) is 0 Å². The lowest BCUT2D eigenvalue weighted by Crippen LogP contribution is -2.38. The van der Waals surface area contributed by atoms with Crippen molar-refractivity contribution in [2.75, 3.05) is 27.7 Å². The third kappa shape index (κ3) is 5.06. The number of fused-ring (bicyclic) bond motifs is 1. The fourth-order valence-electron chi connectivity index (χ4n) is 4.65. The molecule has 2 heterocycles. The molecule has 1 N–H and O–H groups in total. The van der Waals surface area contributed by atoms with Gasteiger partial charge in [0.25, 0.3) is 0 Å². The molecule has 2 aromatic carbocycles. The Balaban J connectivity index is 2.05. The van der Waals surface area contributed by atoms with Crippen LogP contribution in [0.5, 0.6) is 5.88 Å². The first-order valence-corrected chi connectivity index (χ1v) is 11.7. The van der Waals surface area contributed by atoms with Gasteiger partial charge in [-0.05, 0) is 75.0 Å². The maximum atomic E-state index is 14.6. The van der Waals surface area contributed by atoms with Crippen LogP contribution in [0.2, 0.25) is 0 Å². The molecule has 0 aliphatic heterocycles. The van der Waals surface area contributed by atoms with Crippen molar-refractivity contribution in [2.24, 2.45) is 0 Å². The SMILES string of the molecule is COc1nc2ccc(C#N)cc2cc1[C@@H](c1cccc(F)c1)[C@@](O)(CCN(C)C)c1cncc(C)c1. The van der Waals surface area contributed by atoms with Crippen LogP contribution in [0.4, 0.5) is 4.39 Å². The second-order valence-electron chi connectivity index (χ2n) is 9.32. The van der Waals surface area contributed by atoms with Gasteiger partial charge in [-0.3, -0.25) is 4.98 Å². The van der Waals surface area contributed by atoms with Crippen LogP contribution < -0.4 is 4.74 Å². The van der Waals surface area contributed by atoms with Gasteiger partial charge in [-0.15, -0.1) is 0 Å². The lowest BCUT2D eigenvalue weighted by atomic mass is 9.72. The normalized spacial score (nSPS) is 13.8. The molecule has 2 aromatic heterocycles. The van der Waals surface area contributed by atoms with Gasteiger partial charge < -0.3 is 14.7 Å². The van der Waals surface area contributed by atoms with Gasteiger partial charge in [-0.2, -0.15) is 5.26 Å². The summed E-state index contributed by atoms with van der Waals surface area (Å²) >= 11 is 0. The number of methoxy groups -OCH3 is 1. The molecule has 0 radical (unpaired) electrons. The molecule has 0 saturated heterocycles. The Labute approximate surface area is 210 Å². The van der Waals surface area contributed by atoms with Crippen LogP contribution >= 0.6 is 0 Å². The number of aliphatic hydroxyl groups is 1. The molecule has 4 rings (SSSR count). The highest BCUT2D eigenvalue weighted by Gasteiger charge is 2.42. The Morgan fingerprint density at radius 3 is 2.61 bits per heavy atom. The van der Waals surface area contributed by atoms with Crippen molar-refractivity contribution in [3.05, 3.63) is 101 Å². The molecule has 184 valence electrons. The molecule has 0 bridgehead atoms. The van der Waals surface area contributed by atoms with Crippen LogP contribution in [0.15, 0.2) is 67.0 Å². The predicted octanol–water partition coefficient (Wildman–Crippen LogP) is 4.93. The first kappa shape index (κ1) is 25.2. The van der Waals surface area contributed by atoms with Gasteiger partial charge in [-0.1, -0.05) is 18.2 Å². The minimum Gasteiger partial charge on any atom is -0.481 e. The number of halogens is 1. The molecule has 0 aliphatic carbocycles. The van der Waals surface area contributed by atoms with Gasteiger partial charge in [0, 0.05) is 41.4 Å². The standard InChI is InChI=1S/C29H29FN4O2/c1-19-12-23(18-32-17-19)29(35,10-11-34(2)3)27(21-6-5-7-24(30)14-21)25-15-22-13-20(16-31)8-9-26(22)33-28(25)36-4/h5-9,12-15,17-18,27,35H,10-11H2,1-4H3/t27-,29-/m1/s1. The van der Waals surface area contributed by atoms with E-state index in [4.69, 9.17) is 9.72 Å². The van der Waals surface area contributed by atoms with E-state index in [0.717, 1.165) is 10.9 Å². The Hall–Kier alpha value is -3.86. The van der Waals surface area contributed by atoms with Crippen molar-refractivity contribution < 1.29 is 14.2 Å². The van der Waals surface area contributed by atoms with Crippen molar-refractivity contribution in [1.82, 2.24) is 14.9 Å². The van der Waals surface area contributed by atoms with Crippen LogP contribution in [-0.4, -0.2) is 47.7 Å². The Kier molecular flexibility index (Phi) is 7.30. The molecule has 0 unspecified atom stereocenters. The second-order valence-corrected chi connectivity index (χ2v) is 9.32. The van der Waals surface area contributed by atoms with E-state index in [1.165, 1.54) is 19.2 Å². The first-order chi connectivity index (χ1) is 17.2. The molecular formula is C29H29FN4O2. The zero-order valence-electron chi connectivity index (χ0n) is 20.9. The highest BCUT2D eigenvalue weighted by atomic mass is 19.1. The summed E-state index contributed by atoms with van der Waals surface area (Å²) in [5.41, 5.74) is 2.35. The number of benzene rings is 2. The molecule has 0 aliphatic rings. The first-order valence-electron chi connectivity index (χ1n) is 11.7. The summed E-state index contributed by atoms with van der Waals surface area (Å²) in [4.78, 5) is 11.0. The quantitative estimate of drug-likeness (QED) is 0.382. The highest BCUT2D eigenvalue weighted by molar-refractivity contribution is 5.82. The average molecular weight is 485 g/mol. The van der Waals surface area contributed by atoms with E-state index in [9.17, 15) is 14.8 Å².